The highest BCUT2D eigenvalue weighted by Gasteiger charge is 2.49. The highest BCUT2D eigenvalue weighted by atomic mass is 15.1. The molecule has 1 fully saturated rings. The van der Waals surface area contributed by atoms with Gasteiger partial charge in [0.2, 0.25) is 0 Å². The van der Waals surface area contributed by atoms with Crippen molar-refractivity contribution < 1.29 is 0 Å². The third-order valence-electron chi connectivity index (χ3n) is 16.3. The molecule has 3 aliphatic carbocycles. The second-order valence-corrected chi connectivity index (χ2v) is 22.3. The summed E-state index contributed by atoms with van der Waals surface area (Å²) in [6.45, 7) is 13.8. The molecule has 0 saturated heterocycles. The molecule has 9 aromatic rings. The zero-order chi connectivity index (χ0) is 47.8. The van der Waals surface area contributed by atoms with Crippen molar-refractivity contribution in [1.29, 1.82) is 0 Å². The van der Waals surface area contributed by atoms with Gasteiger partial charge in [0.15, 0.2) is 0 Å². The fourth-order valence-corrected chi connectivity index (χ4v) is 12.9. The normalized spacial score (nSPS) is 18.3. The summed E-state index contributed by atoms with van der Waals surface area (Å²) in [5.41, 5.74) is 22.1. The zero-order valence-electron chi connectivity index (χ0n) is 41.6. The van der Waals surface area contributed by atoms with E-state index in [0.717, 1.165) is 11.4 Å². The quantitative estimate of drug-likeness (QED) is 0.147. The summed E-state index contributed by atoms with van der Waals surface area (Å²) in [5, 5.41) is 0. The molecule has 3 aliphatic rings. The van der Waals surface area contributed by atoms with Crippen LogP contribution in [0, 0.1) is 0 Å². The molecule has 0 aliphatic heterocycles. The Kier molecular flexibility index (Phi) is 10.5. The molecule has 2 atom stereocenters. The van der Waals surface area contributed by atoms with Gasteiger partial charge in [-0.25, -0.2) is 0 Å². The SMILES string of the molecule is CC(C)(C)c1ccc(C2(c3ccccc3)c3ccccc3-c3ccc(N(c4ccc(C5CCCC5)cc4)c4cccc5c4-c4ccccc4C5(c4ccccc4)c4ccc(C(C)(C)C)cc4)cc32)cc1. The summed E-state index contributed by atoms with van der Waals surface area (Å²) >= 11 is 0. The molecule has 0 radical (unpaired) electrons. The van der Waals surface area contributed by atoms with E-state index >= 15 is 0 Å². The van der Waals surface area contributed by atoms with Crippen LogP contribution in [0.2, 0.25) is 0 Å². The molecular formula is C69H63N. The van der Waals surface area contributed by atoms with Gasteiger partial charge in [0.05, 0.1) is 16.5 Å². The van der Waals surface area contributed by atoms with Crippen LogP contribution in [0.15, 0.2) is 218 Å². The minimum absolute atomic E-state index is 0.0352. The fourth-order valence-electron chi connectivity index (χ4n) is 12.9. The summed E-state index contributed by atoms with van der Waals surface area (Å²) in [4.78, 5) is 2.58. The maximum atomic E-state index is 2.58. The van der Waals surface area contributed by atoms with Gasteiger partial charge in [0.25, 0.3) is 0 Å². The second kappa shape index (κ2) is 16.7. The highest BCUT2D eigenvalue weighted by Crippen LogP contribution is 2.61. The monoisotopic (exact) mass is 905 g/mol. The van der Waals surface area contributed by atoms with E-state index in [-0.39, 0.29) is 10.8 Å². The van der Waals surface area contributed by atoms with Crippen LogP contribution in [-0.2, 0) is 21.7 Å². The second-order valence-electron chi connectivity index (χ2n) is 22.3. The average Bonchev–Trinajstić information content (AvgIpc) is 4.11. The van der Waals surface area contributed by atoms with Crippen LogP contribution >= 0.6 is 0 Å². The van der Waals surface area contributed by atoms with Gasteiger partial charge < -0.3 is 4.90 Å². The molecule has 0 heterocycles. The van der Waals surface area contributed by atoms with E-state index in [1.807, 2.05) is 0 Å². The van der Waals surface area contributed by atoms with Crippen LogP contribution in [0.25, 0.3) is 22.3 Å². The molecule has 0 spiro atoms. The van der Waals surface area contributed by atoms with Gasteiger partial charge in [0, 0.05) is 16.9 Å². The average molecular weight is 906 g/mol. The van der Waals surface area contributed by atoms with Crippen molar-refractivity contribution in [3.8, 4) is 22.3 Å². The number of rotatable bonds is 8. The summed E-state index contributed by atoms with van der Waals surface area (Å²) in [5.74, 6) is 0.626. The van der Waals surface area contributed by atoms with Crippen molar-refractivity contribution in [2.45, 2.75) is 94.8 Å². The number of nitrogens with zero attached hydrogens (tertiary/aromatic N) is 1. The Hall–Kier alpha value is -7.22. The summed E-state index contributed by atoms with van der Waals surface area (Å²) < 4.78 is 0. The lowest BCUT2D eigenvalue weighted by atomic mass is 9.67. The van der Waals surface area contributed by atoms with E-state index in [0.29, 0.717) is 5.92 Å². The predicted octanol–water partition coefficient (Wildman–Crippen LogP) is 18.1. The van der Waals surface area contributed by atoms with Crippen molar-refractivity contribution in [2.75, 3.05) is 4.90 Å². The summed E-state index contributed by atoms with van der Waals surface area (Å²) in [7, 11) is 0. The Morgan fingerprint density at radius 3 is 1.37 bits per heavy atom. The van der Waals surface area contributed by atoms with E-state index in [1.165, 1.54) is 115 Å². The van der Waals surface area contributed by atoms with Gasteiger partial charge in [-0.1, -0.05) is 242 Å². The third kappa shape index (κ3) is 6.80. The minimum atomic E-state index is -0.551. The molecule has 0 N–H and O–H groups in total. The molecule has 12 rings (SSSR count). The van der Waals surface area contributed by atoms with Crippen molar-refractivity contribution in [2.24, 2.45) is 0 Å². The molecular weight excluding hydrogens is 843 g/mol. The lowest BCUT2D eigenvalue weighted by Crippen LogP contribution is -2.29. The van der Waals surface area contributed by atoms with E-state index < -0.39 is 10.8 Å². The van der Waals surface area contributed by atoms with Crippen molar-refractivity contribution >= 4 is 17.1 Å². The molecule has 9 aromatic carbocycles. The Balaban J connectivity index is 1.14. The molecule has 1 nitrogen and oxygen atoms in total. The lowest BCUT2D eigenvalue weighted by Gasteiger charge is -2.36. The number of anilines is 3. The smallest absolute Gasteiger partial charge is 0.0714 e. The first kappa shape index (κ1) is 44.0. The zero-order valence-corrected chi connectivity index (χ0v) is 41.6. The molecule has 1 saturated carbocycles. The van der Waals surface area contributed by atoms with Crippen molar-refractivity contribution in [3.05, 3.63) is 280 Å². The fraction of sp³-hybridized carbons (Fsp3) is 0.217. The summed E-state index contributed by atoms with van der Waals surface area (Å²) in [6, 6.07) is 84.0. The number of benzene rings is 9. The standard InChI is InChI=1S/C69H63N/c1-66(2,3)49-34-38-53(39-35-49)68(51-22-9-7-10-23-51)61-29-18-16-27-59(61)65-62(68)30-19-31-64(65)70(55-42-32-48(33-43-55)47-20-13-14-21-47)56-44-45-58-57-26-15-17-28-60(57)69(63(58)46-56,52-24-11-8-12-25-52)54-40-36-50(37-41-54)67(4,5)6/h7-12,15-19,22-47H,13-14,20-21H2,1-6H3. The molecule has 0 bridgehead atoms. The molecule has 344 valence electrons. The molecule has 1 heteroatoms. The van der Waals surface area contributed by atoms with E-state index in [2.05, 4.69) is 265 Å². The first-order valence-corrected chi connectivity index (χ1v) is 25.7. The van der Waals surface area contributed by atoms with Crippen molar-refractivity contribution in [3.63, 3.8) is 0 Å². The van der Waals surface area contributed by atoms with Gasteiger partial charge in [-0.15, -0.1) is 0 Å². The Morgan fingerprint density at radius 1 is 0.371 bits per heavy atom. The molecule has 70 heavy (non-hydrogen) atoms. The Bertz CT molecular complexity index is 3360. The van der Waals surface area contributed by atoms with E-state index in [9.17, 15) is 0 Å². The Morgan fingerprint density at radius 2 is 0.814 bits per heavy atom. The van der Waals surface area contributed by atoms with Crippen LogP contribution in [0.5, 0.6) is 0 Å². The first-order valence-electron chi connectivity index (χ1n) is 25.7. The van der Waals surface area contributed by atoms with E-state index in [4.69, 9.17) is 0 Å². The molecule has 0 amide bonds. The third-order valence-corrected chi connectivity index (χ3v) is 16.3. The van der Waals surface area contributed by atoms with Crippen LogP contribution in [0.3, 0.4) is 0 Å². The largest absolute Gasteiger partial charge is 0.310 e. The number of hydrogen-bond acceptors (Lipinski definition) is 1. The Labute approximate surface area is 416 Å². The number of hydrogen-bond donors (Lipinski definition) is 0. The van der Waals surface area contributed by atoms with Crippen LogP contribution in [0.1, 0.15) is 134 Å². The summed E-state index contributed by atoms with van der Waals surface area (Å²) in [6.07, 6.45) is 5.17. The van der Waals surface area contributed by atoms with Gasteiger partial charge >= 0.3 is 0 Å². The van der Waals surface area contributed by atoms with Crippen LogP contribution in [0.4, 0.5) is 17.1 Å². The van der Waals surface area contributed by atoms with Crippen LogP contribution in [-0.4, -0.2) is 0 Å². The maximum absolute atomic E-state index is 2.58. The van der Waals surface area contributed by atoms with Crippen LogP contribution < -0.4 is 4.90 Å². The number of fused-ring (bicyclic) bond motifs is 6. The lowest BCUT2D eigenvalue weighted by molar-refractivity contribution is 0.589. The van der Waals surface area contributed by atoms with Crippen molar-refractivity contribution in [1.82, 2.24) is 0 Å². The van der Waals surface area contributed by atoms with Gasteiger partial charge in [-0.05, 0) is 138 Å². The van der Waals surface area contributed by atoms with Gasteiger partial charge in [0.1, 0.15) is 0 Å². The topological polar surface area (TPSA) is 3.24 Å². The molecule has 2 unspecified atom stereocenters. The minimum Gasteiger partial charge on any atom is -0.310 e. The van der Waals surface area contributed by atoms with E-state index in [1.54, 1.807) is 0 Å². The first-order chi connectivity index (χ1) is 34.0. The predicted molar refractivity (Wildman–Crippen MR) is 294 cm³/mol. The molecule has 0 aromatic heterocycles. The van der Waals surface area contributed by atoms with Gasteiger partial charge in [-0.3, -0.25) is 0 Å². The van der Waals surface area contributed by atoms with Gasteiger partial charge in [-0.2, -0.15) is 0 Å². The maximum Gasteiger partial charge on any atom is 0.0714 e. The highest BCUT2D eigenvalue weighted by molar-refractivity contribution is 5.98.